The molecule has 1 heterocycles. The van der Waals surface area contributed by atoms with Crippen molar-refractivity contribution < 1.29 is 14.2 Å². The van der Waals surface area contributed by atoms with Gasteiger partial charge in [-0.25, -0.2) is 4.39 Å². The van der Waals surface area contributed by atoms with Crippen LogP contribution in [0.5, 0.6) is 0 Å². The monoisotopic (exact) mass is 256 g/mol. The van der Waals surface area contributed by atoms with E-state index in [-0.39, 0.29) is 11.9 Å². The standard InChI is InChI=1S/C13H21FN2O2/c1-10(11-6-12(14)8-15-7-11)16-9-13(2,17)4-5-18-3/h6-8,10,16-17H,4-5,9H2,1-3H3. The topological polar surface area (TPSA) is 54.4 Å². The molecule has 0 spiro atoms. The molecular formula is C13H21FN2O2. The van der Waals surface area contributed by atoms with Crippen molar-refractivity contribution in [2.75, 3.05) is 20.3 Å². The Morgan fingerprint density at radius 1 is 1.56 bits per heavy atom. The molecule has 0 bridgehead atoms. The third kappa shape index (κ3) is 5.08. The molecule has 0 amide bonds. The van der Waals surface area contributed by atoms with Crippen molar-refractivity contribution >= 4 is 0 Å². The molecule has 0 radical (unpaired) electrons. The smallest absolute Gasteiger partial charge is 0.141 e. The van der Waals surface area contributed by atoms with E-state index in [1.807, 2.05) is 6.92 Å². The van der Waals surface area contributed by atoms with E-state index in [9.17, 15) is 9.50 Å². The van der Waals surface area contributed by atoms with Crippen molar-refractivity contribution in [3.05, 3.63) is 29.8 Å². The molecule has 102 valence electrons. The van der Waals surface area contributed by atoms with E-state index in [1.54, 1.807) is 20.2 Å². The molecule has 1 rings (SSSR count). The first-order chi connectivity index (χ1) is 8.44. The third-order valence-electron chi connectivity index (χ3n) is 2.86. The van der Waals surface area contributed by atoms with Gasteiger partial charge in [-0.05, 0) is 25.5 Å². The summed E-state index contributed by atoms with van der Waals surface area (Å²) < 4.78 is 17.9. The van der Waals surface area contributed by atoms with Crippen LogP contribution in [-0.4, -0.2) is 36.0 Å². The summed E-state index contributed by atoms with van der Waals surface area (Å²) in [5.74, 6) is -0.354. The summed E-state index contributed by atoms with van der Waals surface area (Å²) in [5.41, 5.74) is -0.0806. The fraction of sp³-hybridized carbons (Fsp3) is 0.615. The number of pyridine rings is 1. The van der Waals surface area contributed by atoms with Crippen LogP contribution >= 0.6 is 0 Å². The average Bonchev–Trinajstić information content (AvgIpc) is 2.34. The van der Waals surface area contributed by atoms with Crippen LogP contribution in [0.4, 0.5) is 4.39 Å². The highest BCUT2D eigenvalue weighted by Gasteiger charge is 2.20. The average molecular weight is 256 g/mol. The van der Waals surface area contributed by atoms with Crippen molar-refractivity contribution in [3.8, 4) is 0 Å². The lowest BCUT2D eigenvalue weighted by molar-refractivity contribution is 0.0231. The predicted octanol–water partition coefficient (Wildman–Crippen LogP) is 1.66. The maximum absolute atomic E-state index is 13.0. The van der Waals surface area contributed by atoms with Crippen LogP contribution in [0.2, 0.25) is 0 Å². The Bertz CT molecular complexity index is 372. The van der Waals surface area contributed by atoms with Crippen LogP contribution in [0.1, 0.15) is 31.9 Å². The number of hydrogen-bond acceptors (Lipinski definition) is 4. The second-order valence-electron chi connectivity index (χ2n) is 4.78. The minimum absolute atomic E-state index is 0.0674. The lowest BCUT2D eigenvalue weighted by Crippen LogP contribution is -2.39. The summed E-state index contributed by atoms with van der Waals surface area (Å²) in [5, 5.41) is 13.2. The summed E-state index contributed by atoms with van der Waals surface area (Å²) in [7, 11) is 1.60. The Labute approximate surface area is 107 Å². The molecule has 0 saturated heterocycles. The van der Waals surface area contributed by atoms with Gasteiger partial charge in [0, 0.05) is 38.9 Å². The van der Waals surface area contributed by atoms with Crippen LogP contribution in [0.25, 0.3) is 0 Å². The number of nitrogens with one attached hydrogen (secondary N) is 1. The van der Waals surface area contributed by atoms with Gasteiger partial charge in [0.1, 0.15) is 5.82 Å². The second-order valence-corrected chi connectivity index (χ2v) is 4.78. The largest absolute Gasteiger partial charge is 0.389 e. The SMILES string of the molecule is COCCC(C)(O)CNC(C)c1cncc(F)c1. The van der Waals surface area contributed by atoms with Crippen molar-refractivity contribution in [2.24, 2.45) is 0 Å². The van der Waals surface area contributed by atoms with E-state index in [4.69, 9.17) is 4.74 Å². The summed E-state index contributed by atoms with van der Waals surface area (Å²) >= 11 is 0. The molecule has 4 nitrogen and oxygen atoms in total. The lowest BCUT2D eigenvalue weighted by atomic mass is 10.0. The van der Waals surface area contributed by atoms with Gasteiger partial charge < -0.3 is 15.2 Å². The van der Waals surface area contributed by atoms with Gasteiger partial charge in [0.15, 0.2) is 0 Å². The zero-order valence-corrected chi connectivity index (χ0v) is 11.1. The van der Waals surface area contributed by atoms with Crippen molar-refractivity contribution in [1.29, 1.82) is 0 Å². The van der Waals surface area contributed by atoms with Gasteiger partial charge in [-0.1, -0.05) is 0 Å². The van der Waals surface area contributed by atoms with Crippen LogP contribution in [0.15, 0.2) is 18.5 Å². The van der Waals surface area contributed by atoms with Gasteiger partial charge in [0.05, 0.1) is 11.8 Å². The first kappa shape index (κ1) is 15.0. The number of methoxy groups -OCH3 is 1. The van der Waals surface area contributed by atoms with Gasteiger partial charge in [-0.2, -0.15) is 0 Å². The van der Waals surface area contributed by atoms with E-state index in [1.165, 1.54) is 12.3 Å². The molecule has 0 fully saturated rings. The fourth-order valence-corrected chi connectivity index (χ4v) is 1.57. The molecular weight excluding hydrogens is 235 g/mol. The molecule has 0 saturated carbocycles. The van der Waals surface area contributed by atoms with Crippen molar-refractivity contribution in [2.45, 2.75) is 31.9 Å². The minimum atomic E-state index is -0.842. The summed E-state index contributed by atoms with van der Waals surface area (Å²) in [4.78, 5) is 3.80. The highest BCUT2D eigenvalue weighted by atomic mass is 19.1. The van der Waals surface area contributed by atoms with Gasteiger partial charge >= 0.3 is 0 Å². The molecule has 2 N–H and O–H groups in total. The molecule has 5 heteroatoms. The van der Waals surface area contributed by atoms with Crippen molar-refractivity contribution in [3.63, 3.8) is 0 Å². The molecule has 18 heavy (non-hydrogen) atoms. The van der Waals surface area contributed by atoms with Crippen LogP contribution < -0.4 is 5.32 Å². The van der Waals surface area contributed by atoms with Crippen LogP contribution in [-0.2, 0) is 4.74 Å². The third-order valence-corrected chi connectivity index (χ3v) is 2.86. The van der Waals surface area contributed by atoms with E-state index >= 15 is 0 Å². The number of aromatic nitrogens is 1. The first-order valence-corrected chi connectivity index (χ1v) is 6.00. The van der Waals surface area contributed by atoms with E-state index in [0.717, 1.165) is 5.56 Å². The van der Waals surface area contributed by atoms with Crippen LogP contribution in [0, 0.1) is 5.82 Å². The fourth-order valence-electron chi connectivity index (χ4n) is 1.57. The Hall–Kier alpha value is -1.04. The Kier molecular flexibility index (Phi) is 5.65. The number of nitrogens with zero attached hydrogens (tertiary/aromatic N) is 1. The first-order valence-electron chi connectivity index (χ1n) is 6.00. The zero-order valence-electron chi connectivity index (χ0n) is 11.1. The Morgan fingerprint density at radius 2 is 2.28 bits per heavy atom. The molecule has 0 aliphatic heterocycles. The van der Waals surface area contributed by atoms with Crippen molar-refractivity contribution in [1.82, 2.24) is 10.3 Å². The van der Waals surface area contributed by atoms with Gasteiger partial charge in [0.2, 0.25) is 0 Å². The Morgan fingerprint density at radius 3 is 2.89 bits per heavy atom. The second kappa shape index (κ2) is 6.78. The highest BCUT2D eigenvalue weighted by Crippen LogP contribution is 2.14. The molecule has 1 aromatic rings. The maximum atomic E-state index is 13.0. The number of hydrogen-bond donors (Lipinski definition) is 2. The molecule has 2 unspecified atom stereocenters. The number of rotatable bonds is 7. The van der Waals surface area contributed by atoms with Crippen LogP contribution in [0.3, 0.4) is 0 Å². The van der Waals surface area contributed by atoms with Gasteiger partial charge in [0.25, 0.3) is 0 Å². The quantitative estimate of drug-likeness (QED) is 0.779. The summed E-state index contributed by atoms with van der Waals surface area (Å²) in [6.07, 6.45) is 3.33. The van der Waals surface area contributed by atoms with Gasteiger partial charge in [-0.3, -0.25) is 4.98 Å². The Balaban J connectivity index is 2.48. The van der Waals surface area contributed by atoms with E-state index < -0.39 is 5.60 Å². The zero-order chi connectivity index (χ0) is 13.6. The number of ether oxygens (including phenoxy) is 1. The molecule has 0 aliphatic rings. The predicted molar refractivity (Wildman–Crippen MR) is 67.7 cm³/mol. The highest BCUT2D eigenvalue weighted by molar-refractivity contribution is 5.14. The summed E-state index contributed by atoms with van der Waals surface area (Å²) in [6, 6.07) is 1.37. The lowest BCUT2D eigenvalue weighted by Gasteiger charge is -2.25. The molecule has 0 aliphatic carbocycles. The number of aliphatic hydroxyl groups is 1. The summed E-state index contributed by atoms with van der Waals surface area (Å²) in [6.45, 7) is 4.57. The number of halogens is 1. The molecule has 1 aromatic heterocycles. The van der Waals surface area contributed by atoms with Gasteiger partial charge in [-0.15, -0.1) is 0 Å². The normalized spacial score (nSPS) is 16.3. The minimum Gasteiger partial charge on any atom is -0.389 e. The maximum Gasteiger partial charge on any atom is 0.141 e. The van der Waals surface area contributed by atoms with E-state index in [0.29, 0.717) is 19.6 Å². The molecule has 2 atom stereocenters. The molecule has 0 aromatic carbocycles. The van der Waals surface area contributed by atoms with E-state index in [2.05, 4.69) is 10.3 Å².